The molecular weight excluding hydrogens is 276 g/mol. The number of aromatic nitrogens is 2. The topological polar surface area (TPSA) is 78.0 Å². The van der Waals surface area contributed by atoms with Gasteiger partial charge in [-0.05, 0) is 12.1 Å². The van der Waals surface area contributed by atoms with E-state index in [0.29, 0.717) is 5.56 Å². The Morgan fingerprint density at radius 1 is 1.32 bits per heavy atom. The van der Waals surface area contributed by atoms with Crippen molar-refractivity contribution in [2.24, 2.45) is 7.05 Å². The van der Waals surface area contributed by atoms with E-state index in [9.17, 15) is 17.2 Å². The summed E-state index contributed by atoms with van der Waals surface area (Å²) in [6.45, 7) is 0. The Bertz CT molecular complexity index is 702. The van der Waals surface area contributed by atoms with E-state index in [2.05, 4.69) is 5.10 Å². The fourth-order valence-corrected chi connectivity index (χ4v) is 3.16. The molecule has 0 bridgehead atoms. The zero-order chi connectivity index (χ0) is 14.2. The fraction of sp³-hybridized carbons (Fsp3) is 0.182. The summed E-state index contributed by atoms with van der Waals surface area (Å²) in [5.74, 6) is -2.92. The van der Waals surface area contributed by atoms with Gasteiger partial charge in [-0.15, -0.1) is 0 Å². The van der Waals surface area contributed by atoms with Crippen molar-refractivity contribution >= 4 is 15.5 Å². The molecular formula is C11H11F2N3O2S. The number of nitrogen functional groups attached to an aromatic ring is 1. The summed E-state index contributed by atoms with van der Waals surface area (Å²) in [7, 11) is -2.53. The highest BCUT2D eigenvalue weighted by atomic mass is 32.2. The second kappa shape index (κ2) is 4.61. The Balaban J connectivity index is 2.45. The summed E-state index contributed by atoms with van der Waals surface area (Å²) < 4.78 is 52.6. The molecule has 1 aromatic carbocycles. The molecule has 19 heavy (non-hydrogen) atoms. The molecule has 1 aromatic heterocycles. The molecule has 0 atom stereocenters. The monoisotopic (exact) mass is 287 g/mol. The van der Waals surface area contributed by atoms with E-state index < -0.39 is 32.1 Å². The predicted molar refractivity (Wildman–Crippen MR) is 64.9 cm³/mol. The van der Waals surface area contributed by atoms with Gasteiger partial charge in [-0.3, -0.25) is 4.68 Å². The van der Waals surface area contributed by atoms with Crippen molar-refractivity contribution in [1.29, 1.82) is 0 Å². The molecule has 2 N–H and O–H groups in total. The molecule has 0 aliphatic heterocycles. The lowest BCUT2D eigenvalue weighted by Gasteiger charge is -2.06. The number of halogens is 2. The minimum absolute atomic E-state index is 0.171. The molecule has 2 rings (SSSR count). The highest BCUT2D eigenvalue weighted by molar-refractivity contribution is 7.90. The van der Waals surface area contributed by atoms with E-state index in [1.54, 1.807) is 7.05 Å². The Hall–Kier alpha value is -1.96. The van der Waals surface area contributed by atoms with Gasteiger partial charge in [-0.1, -0.05) is 0 Å². The Kier molecular flexibility index (Phi) is 3.27. The lowest BCUT2D eigenvalue weighted by Crippen LogP contribution is -2.10. The number of hydrogen-bond donors (Lipinski definition) is 1. The molecule has 0 aliphatic rings. The summed E-state index contributed by atoms with van der Waals surface area (Å²) in [6.07, 6.45) is 2.79. The van der Waals surface area contributed by atoms with Crippen molar-refractivity contribution < 1.29 is 17.2 Å². The van der Waals surface area contributed by atoms with Gasteiger partial charge in [0.1, 0.15) is 16.5 Å². The molecule has 8 heteroatoms. The van der Waals surface area contributed by atoms with Crippen LogP contribution in [0.5, 0.6) is 0 Å². The molecule has 0 amide bonds. The highest BCUT2D eigenvalue weighted by Crippen LogP contribution is 2.24. The normalized spacial score (nSPS) is 11.7. The van der Waals surface area contributed by atoms with Crippen LogP contribution in [-0.4, -0.2) is 18.2 Å². The van der Waals surface area contributed by atoms with Crippen LogP contribution >= 0.6 is 0 Å². The van der Waals surface area contributed by atoms with Gasteiger partial charge in [0.2, 0.25) is 0 Å². The second-order valence-corrected chi connectivity index (χ2v) is 6.02. The highest BCUT2D eigenvalue weighted by Gasteiger charge is 2.25. The molecule has 102 valence electrons. The number of aryl methyl sites for hydroxylation is 1. The molecule has 0 unspecified atom stereocenters. The maximum absolute atomic E-state index is 13.6. The zero-order valence-corrected chi connectivity index (χ0v) is 10.8. The van der Waals surface area contributed by atoms with Crippen molar-refractivity contribution in [2.75, 3.05) is 5.73 Å². The fourth-order valence-electron chi connectivity index (χ4n) is 1.71. The van der Waals surface area contributed by atoms with Crippen LogP contribution in [0.25, 0.3) is 0 Å². The van der Waals surface area contributed by atoms with Crippen molar-refractivity contribution in [2.45, 2.75) is 10.6 Å². The SMILES string of the molecule is Cn1cc(CS(=O)(=O)c2c(F)cc(N)cc2F)cn1. The number of hydrogen-bond acceptors (Lipinski definition) is 4. The van der Waals surface area contributed by atoms with E-state index in [4.69, 9.17) is 5.73 Å². The van der Waals surface area contributed by atoms with Crippen LogP contribution in [0, 0.1) is 11.6 Å². The van der Waals surface area contributed by atoms with Gasteiger partial charge < -0.3 is 5.73 Å². The first-order chi connectivity index (χ1) is 8.79. The lowest BCUT2D eigenvalue weighted by atomic mass is 10.3. The van der Waals surface area contributed by atoms with E-state index in [1.165, 1.54) is 17.1 Å². The Morgan fingerprint density at radius 3 is 2.37 bits per heavy atom. The third kappa shape index (κ3) is 2.73. The number of nitrogens with zero attached hydrogens (tertiary/aromatic N) is 2. The van der Waals surface area contributed by atoms with E-state index in [1.807, 2.05) is 0 Å². The van der Waals surface area contributed by atoms with Crippen LogP contribution in [0.2, 0.25) is 0 Å². The first-order valence-electron chi connectivity index (χ1n) is 5.24. The summed E-state index contributed by atoms with van der Waals surface area (Å²) in [6, 6.07) is 1.55. The minimum atomic E-state index is -4.14. The number of anilines is 1. The minimum Gasteiger partial charge on any atom is -0.399 e. The zero-order valence-electron chi connectivity index (χ0n) is 9.97. The number of rotatable bonds is 3. The molecule has 0 fully saturated rings. The second-order valence-electron chi connectivity index (χ2n) is 4.10. The van der Waals surface area contributed by atoms with Gasteiger partial charge in [0.05, 0.1) is 11.9 Å². The summed E-state index contributed by atoms with van der Waals surface area (Å²) >= 11 is 0. The molecule has 1 heterocycles. The maximum Gasteiger partial charge on any atom is 0.188 e. The van der Waals surface area contributed by atoms with Crippen molar-refractivity contribution in [3.63, 3.8) is 0 Å². The third-order valence-electron chi connectivity index (χ3n) is 2.45. The molecule has 0 aliphatic carbocycles. The molecule has 0 radical (unpaired) electrons. The summed E-state index contributed by atoms with van der Waals surface area (Å²) in [5, 5.41) is 3.80. The lowest BCUT2D eigenvalue weighted by molar-refractivity contribution is 0.520. The Morgan fingerprint density at radius 2 is 1.89 bits per heavy atom. The molecule has 2 aromatic rings. The van der Waals surface area contributed by atoms with Crippen LogP contribution < -0.4 is 5.73 Å². The number of sulfone groups is 1. The smallest absolute Gasteiger partial charge is 0.188 e. The summed E-state index contributed by atoms with van der Waals surface area (Å²) in [5.41, 5.74) is 5.41. The first kappa shape index (κ1) is 13.5. The Labute approximate surface area is 108 Å². The van der Waals surface area contributed by atoms with Crippen molar-refractivity contribution in [3.05, 3.63) is 41.7 Å². The van der Waals surface area contributed by atoms with Crippen LogP contribution in [0.15, 0.2) is 29.4 Å². The van der Waals surface area contributed by atoms with Gasteiger partial charge in [0.15, 0.2) is 9.84 Å². The predicted octanol–water partition coefficient (Wildman–Crippen LogP) is 1.25. The van der Waals surface area contributed by atoms with Crippen LogP contribution in [0.1, 0.15) is 5.56 Å². The third-order valence-corrected chi connectivity index (χ3v) is 4.17. The van der Waals surface area contributed by atoms with Crippen molar-refractivity contribution in [1.82, 2.24) is 9.78 Å². The van der Waals surface area contributed by atoms with Crippen LogP contribution in [0.3, 0.4) is 0 Å². The molecule has 0 saturated heterocycles. The molecule has 0 saturated carbocycles. The van der Waals surface area contributed by atoms with E-state index in [0.717, 1.165) is 12.1 Å². The van der Waals surface area contributed by atoms with Gasteiger partial charge in [0.25, 0.3) is 0 Å². The maximum atomic E-state index is 13.6. The van der Waals surface area contributed by atoms with Gasteiger partial charge in [-0.2, -0.15) is 5.10 Å². The van der Waals surface area contributed by atoms with Crippen LogP contribution in [-0.2, 0) is 22.6 Å². The number of nitrogens with two attached hydrogens (primary N) is 1. The quantitative estimate of drug-likeness (QED) is 0.862. The van der Waals surface area contributed by atoms with Gasteiger partial charge in [0, 0.05) is 24.5 Å². The standard InChI is InChI=1S/C11H11F2N3O2S/c1-16-5-7(4-15-16)6-19(17,18)11-9(12)2-8(14)3-10(11)13/h2-5H,6,14H2,1H3. The van der Waals surface area contributed by atoms with Gasteiger partial charge in [-0.25, -0.2) is 17.2 Å². The average molecular weight is 287 g/mol. The average Bonchev–Trinajstić information content (AvgIpc) is 2.60. The first-order valence-corrected chi connectivity index (χ1v) is 6.89. The number of benzene rings is 1. The largest absolute Gasteiger partial charge is 0.399 e. The summed E-state index contributed by atoms with van der Waals surface area (Å²) in [4.78, 5) is -0.967. The van der Waals surface area contributed by atoms with Crippen molar-refractivity contribution in [3.8, 4) is 0 Å². The van der Waals surface area contributed by atoms with Crippen LogP contribution in [0.4, 0.5) is 14.5 Å². The van der Waals surface area contributed by atoms with Gasteiger partial charge >= 0.3 is 0 Å². The molecule has 5 nitrogen and oxygen atoms in total. The van der Waals surface area contributed by atoms with E-state index >= 15 is 0 Å². The van der Waals surface area contributed by atoms with E-state index in [-0.39, 0.29) is 5.69 Å². The molecule has 0 spiro atoms.